The average Bonchev–Trinajstić information content (AvgIpc) is 2.86. The first kappa shape index (κ1) is 15.2. The van der Waals surface area contributed by atoms with Crippen molar-refractivity contribution >= 4 is 5.97 Å². The maximum atomic E-state index is 10.4. The van der Waals surface area contributed by atoms with Crippen molar-refractivity contribution in [1.29, 1.82) is 0 Å². The molecule has 1 heterocycles. The van der Waals surface area contributed by atoms with Gasteiger partial charge < -0.3 is 5.11 Å². The molecule has 112 valence electrons. The maximum absolute atomic E-state index is 10.4. The van der Waals surface area contributed by atoms with E-state index in [4.69, 9.17) is 5.11 Å². The fraction of sp³-hybridized carbons (Fsp3) is 0.438. The first-order valence-electron chi connectivity index (χ1n) is 7.21. The molecule has 0 atom stereocenters. The summed E-state index contributed by atoms with van der Waals surface area (Å²) in [6, 6.07) is 6.39. The van der Waals surface area contributed by atoms with E-state index >= 15 is 0 Å². The van der Waals surface area contributed by atoms with Crippen molar-refractivity contribution in [2.75, 3.05) is 0 Å². The van der Waals surface area contributed by atoms with Crippen molar-refractivity contribution in [3.05, 3.63) is 46.8 Å². The molecule has 0 amide bonds. The zero-order valence-corrected chi connectivity index (χ0v) is 12.5. The molecule has 0 fully saturated rings. The Morgan fingerprint density at radius 3 is 2.86 bits per heavy atom. The van der Waals surface area contributed by atoms with E-state index in [1.807, 2.05) is 10.9 Å². The number of aliphatic carboxylic acids is 1. The molecule has 1 aromatic heterocycles. The third-order valence-corrected chi connectivity index (χ3v) is 3.50. The van der Waals surface area contributed by atoms with E-state index in [0.29, 0.717) is 6.42 Å². The van der Waals surface area contributed by atoms with Crippen LogP contribution in [-0.2, 0) is 17.8 Å². The van der Waals surface area contributed by atoms with E-state index < -0.39 is 5.97 Å². The standard InChI is InChI=1S/C16H21N3O2/c1-12-7-8-13(2)14(9-12)10-19-11-15(17-18-19)5-3-4-6-16(20)21/h7-9,11H,3-6,10H2,1-2H3,(H,20,21). The van der Waals surface area contributed by atoms with Gasteiger partial charge in [-0.15, -0.1) is 5.10 Å². The molecule has 0 aliphatic carbocycles. The molecule has 5 heteroatoms. The highest BCUT2D eigenvalue weighted by atomic mass is 16.4. The van der Waals surface area contributed by atoms with Gasteiger partial charge in [0.1, 0.15) is 0 Å². The number of hydrogen-bond acceptors (Lipinski definition) is 3. The highest BCUT2D eigenvalue weighted by Gasteiger charge is 2.05. The predicted octanol–water partition coefficient (Wildman–Crippen LogP) is 2.74. The molecule has 0 aliphatic rings. The third-order valence-electron chi connectivity index (χ3n) is 3.50. The van der Waals surface area contributed by atoms with Crippen molar-refractivity contribution in [2.24, 2.45) is 0 Å². The number of nitrogens with zero attached hydrogens (tertiary/aromatic N) is 3. The smallest absolute Gasteiger partial charge is 0.303 e. The lowest BCUT2D eigenvalue weighted by Crippen LogP contribution is -2.02. The number of carbonyl (C=O) groups is 1. The van der Waals surface area contributed by atoms with Crippen molar-refractivity contribution in [3.8, 4) is 0 Å². The summed E-state index contributed by atoms with van der Waals surface area (Å²) < 4.78 is 1.84. The Hall–Kier alpha value is -2.17. The zero-order chi connectivity index (χ0) is 15.2. The lowest BCUT2D eigenvalue weighted by molar-refractivity contribution is -0.137. The number of unbranched alkanes of at least 4 members (excludes halogenated alkanes) is 1. The Kier molecular flexibility index (Phi) is 5.09. The summed E-state index contributed by atoms with van der Waals surface area (Å²) in [5, 5.41) is 16.9. The van der Waals surface area contributed by atoms with Gasteiger partial charge in [0.2, 0.25) is 0 Å². The van der Waals surface area contributed by atoms with E-state index in [9.17, 15) is 4.79 Å². The van der Waals surface area contributed by atoms with Gasteiger partial charge in [-0.05, 0) is 44.2 Å². The molecule has 5 nitrogen and oxygen atoms in total. The van der Waals surface area contributed by atoms with Crippen LogP contribution in [0.3, 0.4) is 0 Å². The Morgan fingerprint density at radius 1 is 1.29 bits per heavy atom. The first-order valence-corrected chi connectivity index (χ1v) is 7.21. The van der Waals surface area contributed by atoms with Crippen molar-refractivity contribution < 1.29 is 9.90 Å². The van der Waals surface area contributed by atoms with Crippen LogP contribution in [0, 0.1) is 13.8 Å². The molecule has 0 unspecified atom stereocenters. The number of carboxylic acids is 1. The van der Waals surface area contributed by atoms with Crippen LogP contribution in [0.4, 0.5) is 0 Å². The predicted molar refractivity (Wildman–Crippen MR) is 80.2 cm³/mol. The maximum Gasteiger partial charge on any atom is 0.303 e. The van der Waals surface area contributed by atoms with E-state index in [2.05, 4.69) is 42.4 Å². The van der Waals surface area contributed by atoms with Crippen LogP contribution in [0.1, 0.15) is 41.6 Å². The van der Waals surface area contributed by atoms with Crippen LogP contribution in [0.2, 0.25) is 0 Å². The van der Waals surface area contributed by atoms with Gasteiger partial charge in [0, 0.05) is 12.6 Å². The second kappa shape index (κ2) is 7.02. The topological polar surface area (TPSA) is 68.0 Å². The SMILES string of the molecule is Cc1ccc(C)c(Cn2cc(CCCCC(=O)O)nn2)c1. The van der Waals surface area contributed by atoms with Crippen LogP contribution in [0.25, 0.3) is 0 Å². The summed E-state index contributed by atoms with van der Waals surface area (Å²) in [6.07, 6.45) is 4.45. The Balaban J connectivity index is 1.91. The minimum atomic E-state index is -0.742. The van der Waals surface area contributed by atoms with E-state index in [0.717, 1.165) is 25.1 Å². The number of hydrogen-bond donors (Lipinski definition) is 1. The van der Waals surface area contributed by atoms with Crippen molar-refractivity contribution in [2.45, 2.75) is 46.1 Å². The Morgan fingerprint density at radius 2 is 2.10 bits per heavy atom. The molecule has 0 saturated heterocycles. The average molecular weight is 287 g/mol. The summed E-state index contributed by atoms with van der Waals surface area (Å²) in [5.74, 6) is -0.742. The van der Waals surface area contributed by atoms with Gasteiger partial charge >= 0.3 is 5.97 Å². The van der Waals surface area contributed by atoms with Crippen LogP contribution >= 0.6 is 0 Å². The molecule has 1 aromatic carbocycles. The highest BCUT2D eigenvalue weighted by molar-refractivity contribution is 5.66. The largest absolute Gasteiger partial charge is 0.481 e. The number of carboxylic acid groups (broad SMARTS) is 1. The zero-order valence-electron chi connectivity index (χ0n) is 12.5. The van der Waals surface area contributed by atoms with Crippen LogP contribution < -0.4 is 0 Å². The molecule has 0 radical (unpaired) electrons. The second-order valence-corrected chi connectivity index (χ2v) is 5.44. The first-order chi connectivity index (χ1) is 10.0. The summed E-state index contributed by atoms with van der Waals surface area (Å²) in [5.41, 5.74) is 4.66. The molecule has 1 N–H and O–H groups in total. The van der Waals surface area contributed by atoms with E-state index in [-0.39, 0.29) is 6.42 Å². The van der Waals surface area contributed by atoms with Crippen LogP contribution in [0.5, 0.6) is 0 Å². The number of aryl methyl sites for hydroxylation is 3. The fourth-order valence-electron chi connectivity index (χ4n) is 2.26. The molecule has 0 aliphatic heterocycles. The van der Waals surface area contributed by atoms with E-state index in [1.165, 1.54) is 16.7 Å². The molecule has 0 spiro atoms. The highest BCUT2D eigenvalue weighted by Crippen LogP contribution is 2.12. The summed E-state index contributed by atoms with van der Waals surface area (Å²) in [4.78, 5) is 10.4. The Labute approximate surface area is 124 Å². The number of rotatable bonds is 7. The van der Waals surface area contributed by atoms with Gasteiger partial charge in [-0.1, -0.05) is 29.0 Å². The van der Waals surface area contributed by atoms with Gasteiger partial charge in [-0.25, -0.2) is 4.68 Å². The molecule has 2 rings (SSSR count). The molecule has 0 saturated carbocycles. The monoisotopic (exact) mass is 287 g/mol. The van der Waals surface area contributed by atoms with Crippen molar-refractivity contribution in [1.82, 2.24) is 15.0 Å². The van der Waals surface area contributed by atoms with Gasteiger partial charge in [0.05, 0.1) is 12.2 Å². The minimum Gasteiger partial charge on any atom is -0.481 e. The second-order valence-electron chi connectivity index (χ2n) is 5.44. The minimum absolute atomic E-state index is 0.219. The van der Waals surface area contributed by atoms with Crippen molar-refractivity contribution in [3.63, 3.8) is 0 Å². The Bertz CT molecular complexity index is 620. The lowest BCUT2D eigenvalue weighted by Gasteiger charge is -2.06. The number of aromatic nitrogens is 3. The quantitative estimate of drug-likeness (QED) is 0.795. The van der Waals surface area contributed by atoms with Gasteiger partial charge in [0.15, 0.2) is 0 Å². The number of benzene rings is 1. The molecule has 0 bridgehead atoms. The fourth-order valence-corrected chi connectivity index (χ4v) is 2.26. The van der Waals surface area contributed by atoms with Gasteiger partial charge in [-0.2, -0.15) is 0 Å². The summed E-state index contributed by atoms with van der Waals surface area (Å²) >= 11 is 0. The summed E-state index contributed by atoms with van der Waals surface area (Å²) in [6.45, 7) is 4.90. The molecule has 21 heavy (non-hydrogen) atoms. The molecular formula is C16H21N3O2. The van der Waals surface area contributed by atoms with Gasteiger partial charge in [-0.3, -0.25) is 4.79 Å². The third kappa shape index (κ3) is 4.70. The van der Waals surface area contributed by atoms with Crippen LogP contribution in [0.15, 0.2) is 24.4 Å². The summed E-state index contributed by atoms with van der Waals surface area (Å²) in [7, 11) is 0. The normalized spacial score (nSPS) is 10.8. The lowest BCUT2D eigenvalue weighted by atomic mass is 10.1. The van der Waals surface area contributed by atoms with Gasteiger partial charge in [0.25, 0.3) is 0 Å². The molecule has 2 aromatic rings. The van der Waals surface area contributed by atoms with E-state index in [1.54, 1.807) is 0 Å². The van der Waals surface area contributed by atoms with Crippen LogP contribution in [-0.4, -0.2) is 26.1 Å². The molecular weight excluding hydrogens is 266 g/mol.